The molecule has 2 N–H and O–H groups in total. The second-order valence-electron chi connectivity index (χ2n) is 8.19. The number of pyridine rings is 1. The van der Waals surface area contributed by atoms with Gasteiger partial charge < -0.3 is 15.0 Å². The van der Waals surface area contributed by atoms with E-state index >= 15 is 0 Å². The number of ether oxygens (including phenoxy) is 1. The summed E-state index contributed by atoms with van der Waals surface area (Å²) in [5.41, 5.74) is 7.92. The Labute approximate surface area is 158 Å². The zero-order chi connectivity index (χ0) is 19.1. The van der Waals surface area contributed by atoms with Crippen LogP contribution in [0.5, 0.6) is 11.6 Å². The summed E-state index contributed by atoms with van der Waals surface area (Å²) in [5, 5.41) is 4.03. The lowest BCUT2D eigenvalue weighted by molar-refractivity contribution is 0.229. The van der Waals surface area contributed by atoms with E-state index in [-0.39, 0.29) is 5.41 Å². The van der Waals surface area contributed by atoms with Gasteiger partial charge in [0.2, 0.25) is 5.88 Å². The molecule has 2 heterocycles. The molecule has 1 saturated carbocycles. The molecule has 3 aromatic rings. The van der Waals surface area contributed by atoms with Crippen molar-refractivity contribution in [2.24, 2.45) is 5.73 Å². The number of nitrogens with two attached hydrogens (primary N) is 1. The minimum absolute atomic E-state index is 0.114. The summed E-state index contributed by atoms with van der Waals surface area (Å²) in [6, 6.07) is 11.7. The van der Waals surface area contributed by atoms with E-state index < -0.39 is 5.54 Å². The first kappa shape index (κ1) is 17.7. The zero-order valence-corrected chi connectivity index (χ0v) is 15.9. The predicted molar refractivity (Wildman–Crippen MR) is 102 cm³/mol. The quantitative estimate of drug-likeness (QED) is 0.730. The van der Waals surface area contributed by atoms with Crippen LogP contribution in [-0.2, 0) is 11.0 Å². The van der Waals surface area contributed by atoms with Crippen LogP contribution in [0, 0.1) is 0 Å². The zero-order valence-electron chi connectivity index (χ0n) is 15.9. The number of hydrogen-bond donors (Lipinski definition) is 1. The molecule has 27 heavy (non-hydrogen) atoms. The van der Waals surface area contributed by atoms with Crippen molar-refractivity contribution in [3.05, 3.63) is 54.0 Å². The summed E-state index contributed by atoms with van der Waals surface area (Å²) >= 11 is 0. The smallest absolute Gasteiger partial charge is 0.259 e. The van der Waals surface area contributed by atoms with Crippen molar-refractivity contribution >= 4 is 0 Å². The maximum Gasteiger partial charge on any atom is 0.259 e. The molecule has 0 amide bonds. The second kappa shape index (κ2) is 6.46. The number of rotatable bonds is 4. The summed E-state index contributed by atoms with van der Waals surface area (Å²) in [5.74, 6) is 2.26. The van der Waals surface area contributed by atoms with Gasteiger partial charge >= 0.3 is 0 Å². The molecule has 1 aromatic carbocycles. The summed E-state index contributed by atoms with van der Waals surface area (Å²) < 4.78 is 11.2. The Morgan fingerprint density at radius 2 is 1.81 bits per heavy atom. The second-order valence-corrected chi connectivity index (χ2v) is 8.19. The van der Waals surface area contributed by atoms with Crippen LogP contribution in [0.15, 0.2) is 47.1 Å². The summed E-state index contributed by atoms with van der Waals surface area (Å²) in [6.45, 7) is 6.55. The molecule has 0 radical (unpaired) electrons. The Morgan fingerprint density at radius 1 is 1.07 bits per heavy atom. The molecule has 1 aliphatic carbocycles. The van der Waals surface area contributed by atoms with Crippen LogP contribution in [0.3, 0.4) is 0 Å². The largest absolute Gasteiger partial charge is 0.439 e. The van der Waals surface area contributed by atoms with Gasteiger partial charge in [-0.3, -0.25) is 0 Å². The Bertz CT molecular complexity index is 920. The average molecular weight is 364 g/mol. The van der Waals surface area contributed by atoms with Crippen LogP contribution in [0.1, 0.15) is 51.4 Å². The van der Waals surface area contributed by atoms with Crippen molar-refractivity contribution in [3.63, 3.8) is 0 Å². The van der Waals surface area contributed by atoms with Gasteiger partial charge in [0.25, 0.3) is 5.89 Å². The molecule has 0 atom stereocenters. The monoisotopic (exact) mass is 364 g/mol. The number of aromatic nitrogens is 3. The third-order valence-corrected chi connectivity index (χ3v) is 5.04. The first-order valence-electron chi connectivity index (χ1n) is 9.21. The Hall–Kier alpha value is -2.73. The van der Waals surface area contributed by atoms with Gasteiger partial charge in [0.15, 0.2) is 5.82 Å². The standard InChI is InChI=1S/C21H24N4O2/c1-20(2,3)15-6-8-16(9-7-15)26-17-10-5-14(13-23-17)18-24-19(25-27-18)21(22)11-4-12-21/h5-10,13H,4,11-12,22H2,1-3H3. The van der Waals surface area contributed by atoms with Crippen LogP contribution in [-0.4, -0.2) is 15.1 Å². The fourth-order valence-electron chi connectivity index (χ4n) is 3.04. The van der Waals surface area contributed by atoms with E-state index in [1.807, 2.05) is 18.2 Å². The van der Waals surface area contributed by atoms with E-state index in [9.17, 15) is 0 Å². The number of hydrogen-bond acceptors (Lipinski definition) is 6. The van der Waals surface area contributed by atoms with Crippen molar-refractivity contribution in [3.8, 4) is 23.1 Å². The lowest BCUT2D eigenvalue weighted by Gasteiger charge is -2.34. The first-order valence-corrected chi connectivity index (χ1v) is 9.21. The highest BCUT2D eigenvalue weighted by atomic mass is 16.5. The van der Waals surface area contributed by atoms with Crippen LogP contribution >= 0.6 is 0 Å². The average Bonchev–Trinajstić information content (AvgIpc) is 3.10. The summed E-state index contributed by atoms with van der Waals surface area (Å²) in [7, 11) is 0. The lowest BCUT2D eigenvalue weighted by Crippen LogP contribution is -2.44. The Kier molecular flexibility index (Phi) is 4.23. The van der Waals surface area contributed by atoms with Gasteiger partial charge in [-0.25, -0.2) is 4.98 Å². The van der Waals surface area contributed by atoms with Gasteiger partial charge in [0.05, 0.1) is 11.1 Å². The van der Waals surface area contributed by atoms with Gasteiger partial charge in [-0.15, -0.1) is 0 Å². The van der Waals surface area contributed by atoms with E-state index in [1.165, 1.54) is 5.56 Å². The maximum absolute atomic E-state index is 6.24. The van der Waals surface area contributed by atoms with E-state index in [1.54, 1.807) is 12.3 Å². The third kappa shape index (κ3) is 3.57. The van der Waals surface area contributed by atoms with Gasteiger partial charge in [0.1, 0.15) is 5.75 Å². The van der Waals surface area contributed by atoms with Crippen molar-refractivity contribution in [1.82, 2.24) is 15.1 Å². The first-order chi connectivity index (χ1) is 12.8. The minimum Gasteiger partial charge on any atom is -0.439 e. The van der Waals surface area contributed by atoms with Gasteiger partial charge in [-0.1, -0.05) is 38.1 Å². The van der Waals surface area contributed by atoms with E-state index in [4.69, 9.17) is 15.0 Å². The minimum atomic E-state index is -0.433. The summed E-state index contributed by atoms with van der Waals surface area (Å²) in [6.07, 6.45) is 4.56. The SMILES string of the molecule is CC(C)(C)c1ccc(Oc2ccc(-c3nc(C4(N)CCC4)no3)cn2)cc1. The highest BCUT2D eigenvalue weighted by molar-refractivity contribution is 5.52. The fraction of sp³-hybridized carbons (Fsp3) is 0.381. The molecule has 0 aliphatic heterocycles. The van der Waals surface area contributed by atoms with Crippen LogP contribution < -0.4 is 10.5 Å². The topological polar surface area (TPSA) is 87.1 Å². The van der Waals surface area contributed by atoms with Crippen LogP contribution in [0.25, 0.3) is 11.5 Å². The van der Waals surface area contributed by atoms with Gasteiger partial charge in [0, 0.05) is 12.3 Å². The number of benzene rings is 1. The molecule has 6 nitrogen and oxygen atoms in total. The molecule has 2 aromatic heterocycles. The molecule has 0 unspecified atom stereocenters. The Balaban J connectivity index is 1.46. The van der Waals surface area contributed by atoms with E-state index in [0.29, 0.717) is 17.6 Å². The molecule has 0 spiro atoms. The van der Waals surface area contributed by atoms with Crippen molar-refractivity contribution < 1.29 is 9.26 Å². The van der Waals surface area contributed by atoms with Crippen molar-refractivity contribution in [2.75, 3.05) is 0 Å². The molecular weight excluding hydrogens is 340 g/mol. The molecule has 140 valence electrons. The van der Waals surface area contributed by atoms with Gasteiger partial charge in [-0.05, 0) is 48.4 Å². The third-order valence-electron chi connectivity index (χ3n) is 5.04. The molecule has 1 aliphatic rings. The predicted octanol–water partition coefficient (Wildman–Crippen LogP) is 4.56. The lowest BCUT2D eigenvalue weighted by atomic mass is 9.77. The van der Waals surface area contributed by atoms with E-state index in [0.717, 1.165) is 30.6 Å². The van der Waals surface area contributed by atoms with Crippen molar-refractivity contribution in [2.45, 2.75) is 51.0 Å². The van der Waals surface area contributed by atoms with E-state index in [2.05, 4.69) is 48.0 Å². The molecule has 6 heteroatoms. The number of nitrogens with zero attached hydrogens (tertiary/aromatic N) is 3. The summed E-state index contributed by atoms with van der Waals surface area (Å²) in [4.78, 5) is 8.78. The molecule has 0 bridgehead atoms. The molecular formula is C21H24N4O2. The molecule has 0 saturated heterocycles. The molecule has 1 fully saturated rings. The fourth-order valence-corrected chi connectivity index (χ4v) is 3.04. The maximum atomic E-state index is 6.24. The molecule has 4 rings (SSSR count). The Morgan fingerprint density at radius 3 is 2.37 bits per heavy atom. The van der Waals surface area contributed by atoms with Crippen molar-refractivity contribution in [1.29, 1.82) is 0 Å². The highest BCUT2D eigenvalue weighted by Gasteiger charge is 2.39. The van der Waals surface area contributed by atoms with Crippen LogP contribution in [0.4, 0.5) is 0 Å². The highest BCUT2D eigenvalue weighted by Crippen LogP contribution is 2.37. The van der Waals surface area contributed by atoms with Crippen LogP contribution in [0.2, 0.25) is 0 Å². The normalized spacial score (nSPS) is 16.0. The van der Waals surface area contributed by atoms with Gasteiger partial charge in [-0.2, -0.15) is 4.98 Å².